The molecule has 160 valence electrons. The summed E-state index contributed by atoms with van der Waals surface area (Å²) in [5, 5.41) is 0. The first-order valence-electron chi connectivity index (χ1n) is 9.61. The van der Waals surface area contributed by atoms with Gasteiger partial charge in [0.25, 0.3) is 11.8 Å². The van der Waals surface area contributed by atoms with Crippen molar-refractivity contribution in [3.63, 3.8) is 0 Å². The van der Waals surface area contributed by atoms with Gasteiger partial charge in [0, 0.05) is 3.57 Å². The van der Waals surface area contributed by atoms with Crippen molar-refractivity contribution in [2.24, 2.45) is 0 Å². The lowest BCUT2D eigenvalue weighted by Crippen LogP contribution is -2.37. The Morgan fingerprint density at radius 1 is 0.688 bits per heavy atom. The van der Waals surface area contributed by atoms with Crippen LogP contribution in [0, 0.1) is 3.57 Å². The maximum atomic E-state index is 13.2. The number of imide groups is 1. The predicted octanol–water partition coefficient (Wildman–Crippen LogP) is 3.62. The molecule has 1 saturated heterocycles. The molecule has 32 heavy (non-hydrogen) atoms. The summed E-state index contributed by atoms with van der Waals surface area (Å²) >= 11 is 2.05. The number of benzene rings is 3. The number of hydrogen-bond donors (Lipinski definition) is 0. The molecule has 1 heterocycles. The second-order valence-corrected chi connectivity index (χ2v) is 8.12. The Bertz CT molecular complexity index is 1110. The number of anilines is 1. The van der Waals surface area contributed by atoms with E-state index >= 15 is 0 Å². The molecule has 3 aromatic rings. The largest absolute Gasteiger partial charge is 0.444 e. The SMILES string of the molecule is O=C(O[C@H]1C(=O)N(c2cccc(I)c2)C(=O)[C@@H]1OC(=O)c1ccccc1)c1ccccc1. The highest BCUT2D eigenvalue weighted by molar-refractivity contribution is 14.1. The molecule has 0 unspecified atom stereocenters. The van der Waals surface area contributed by atoms with Gasteiger partial charge in [0.1, 0.15) is 0 Å². The fourth-order valence-electron chi connectivity index (χ4n) is 3.23. The molecular weight excluding hydrogens is 525 g/mol. The van der Waals surface area contributed by atoms with Crippen molar-refractivity contribution in [2.45, 2.75) is 12.2 Å². The van der Waals surface area contributed by atoms with E-state index in [2.05, 4.69) is 22.6 Å². The van der Waals surface area contributed by atoms with Gasteiger partial charge in [-0.25, -0.2) is 14.5 Å². The number of nitrogens with zero attached hydrogens (tertiary/aromatic N) is 1. The van der Waals surface area contributed by atoms with Gasteiger partial charge >= 0.3 is 11.9 Å². The van der Waals surface area contributed by atoms with Crippen molar-refractivity contribution in [1.29, 1.82) is 0 Å². The van der Waals surface area contributed by atoms with Gasteiger partial charge in [-0.05, 0) is 65.1 Å². The zero-order chi connectivity index (χ0) is 22.7. The van der Waals surface area contributed by atoms with Crippen molar-refractivity contribution < 1.29 is 28.7 Å². The van der Waals surface area contributed by atoms with E-state index in [1.165, 1.54) is 24.3 Å². The lowest BCUT2D eigenvalue weighted by Gasteiger charge is -2.16. The van der Waals surface area contributed by atoms with Gasteiger partial charge in [0.2, 0.25) is 12.2 Å². The summed E-state index contributed by atoms with van der Waals surface area (Å²) in [6, 6.07) is 22.8. The van der Waals surface area contributed by atoms with E-state index in [-0.39, 0.29) is 11.1 Å². The Morgan fingerprint density at radius 3 is 1.59 bits per heavy atom. The van der Waals surface area contributed by atoms with Crippen LogP contribution in [0.4, 0.5) is 5.69 Å². The van der Waals surface area contributed by atoms with E-state index in [9.17, 15) is 19.2 Å². The van der Waals surface area contributed by atoms with Crippen LogP contribution in [0.15, 0.2) is 84.9 Å². The molecular formula is C24H16INO6. The quantitative estimate of drug-likeness (QED) is 0.279. The monoisotopic (exact) mass is 541 g/mol. The minimum atomic E-state index is -1.61. The van der Waals surface area contributed by atoms with E-state index in [1.54, 1.807) is 60.7 Å². The number of rotatable bonds is 5. The van der Waals surface area contributed by atoms with Crippen molar-refractivity contribution >= 4 is 52.0 Å². The lowest BCUT2D eigenvalue weighted by molar-refractivity contribution is -0.130. The van der Waals surface area contributed by atoms with Gasteiger partial charge in [-0.3, -0.25) is 9.59 Å². The first-order valence-corrected chi connectivity index (χ1v) is 10.7. The third-order valence-corrected chi connectivity index (χ3v) is 5.43. The maximum absolute atomic E-state index is 13.2. The molecule has 1 aliphatic rings. The van der Waals surface area contributed by atoms with E-state index in [0.29, 0.717) is 5.69 Å². The summed E-state index contributed by atoms with van der Waals surface area (Å²) in [6.07, 6.45) is -3.22. The summed E-state index contributed by atoms with van der Waals surface area (Å²) in [4.78, 5) is 52.4. The van der Waals surface area contributed by atoms with Gasteiger partial charge in [-0.1, -0.05) is 42.5 Å². The highest BCUT2D eigenvalue weighted by Gasteiger charge is 2.53. The molecule has 0 saturated carbocycles. The highest BCUT2D eigenvalue weighted by atomic mass is 127. The second-order valence-electron chi connectivity index (χ2n) is 6.88. The molecule has 0 N–H and O–H groups in total. The van der Waals surface area contributed by atoms with Crippen molar-refractivity contribution in [2.75, 3.05) is 4.90 Å². The van der Waals surface area contributed by atoms with Crippen LogP contribution in [0.25, 0.3) is 0 Å². The molecule has 0 spiro atoms. The van der Waals surface area contributed by atoms with Gasteiger partial charge in [-0.2, -0.15) is 0 Å². The first kappa shape index (κ1) is 21.7. The predicted molar refractivity (Wildman–Crippen MR) is 123 cm³/mol. The van der Waals surface area contributed by atoms with Crippen LogP contribution >= 0.6 is 22.6 Å². The molecule has 0 bridgehead atoms. The summed E-state index contributed by atoms with van der Waals surface area (Å²) < 4.78 is 11.6. The zero-order valence-corrected chi connectivity index (χ0v) is 18.7. The Labute approximate surface area is 197 Å². The Kier molecular flexibility index (Phi) is 6.31. The van der Waals surface area contributed by atoms with Crippen LogP contribution in [-0.2, 0) is 19.1 Å². The Hall–Kier alpha value is -3.53. The third-order valence-electron chi connectivity index (χ3n) is 4.76. The van der Waals surface area contributed by atoms with E-state index in [4.69, 9.17) is 9.47 Å². The lowest BCUT2D eigenvalue weighted by atomic mass is 10.2. The molecule has 0 radical (unpaired) electrons. The smallest absolute Gasteiger partial charge is 0.339 e. The maximum Gasteiger partial charge on any atom is 0.339 e. The Balaban J connectivity index is 1.66. The van der Waals surface area contributed by atoms with Gasteiger partial charge in [0.15, 0.2) is 0 Å². The van der Waals surface area contributed by atoms with Crippen LogP contribution in [0.1, 0.15) is 20.7 Å². The first-order chi connectivity index (χ1) is 15.5. The number of ether oxygens (including phenoxy) is 2. The molecule has 4 rings (SSSR count). The highest BCUT2D eigenvalue weighted by Crippen LogP contribution is 2.29. The van der Waals surface area contributed by atoms with Gasteiger partial charge in [0.05, 0.1) is 16.8 Å². The van der Waals surface area contributed by atoms with Gasteiger partial charge in [-0.15, -0.1) is 0 Å². The minimum absolute atomic E-state index is 0.202. The van der Waals surface area contributed by atoms with Crippen LogP contribution in [0.5, 0.6) is 0 Å². The summed E-state index contributed by atoms with van der Waals surface area (Å²) in [5.74, 6) is -3.18. The third kappa shape index (κ3) is 4.40. The molecule has 2 amide bonds. The average Bonchev–Trinajstić information content (AvgIpc) is 3.04. The molecule has 7 nitrogen and oxygen atoms in total. The number of carbonyl (C=O) groups excluding carboxylic acids is 4. The molecule has 1 aliphatic heterocycles. The Morgan fingerprint density at radius 2 is 1.16 bits per heavy atom. The molecule has 8 heteroatoms. The normalized spacial score (nSPS) is 17.8. The molecule has 0 aliphatic carbocycles. The van der Waals surface area contributed by atoms with Gasteiger partial charge < -0.3 is 9.47 Å². The minimum Gasteiger partial charge on any atom is -0.444 e. The fraction of sp³-hybridized carbons (Fsp3) is 0.0833. The van der Waals surface area contributed by atoms with E-state index in [0.717, 1.165) is 8.47 Å². The average molecular weight is 541 g/mol. The van der Waals surface area contributed by atoms with Crippen LogP contribution in [0.3, 0.4) is 0 Å². The number of carbonyl (C=O) groups is 4. The molecule has 1 fully saturated rings. The summed E-state index contributed by atoms with van der Waals surface area (Å²) in [6.45, 7) is 0. The standard InChI is InChI=1S/C24H16INO6/c25-17-12-7-13-18(14-17)26-21(27)19(31-23(29)15-8-3-1-4-9-15)20(22(26)28)32-24(30)16-10-5-2-6-11-16/h1-14,19-20H/t19-,20-/m1/s1. The number of amides is 2. The molecule has 0 aromatic heterocycles. The van der Waals surface area contributed by atoms with E-state index in [1.807, 2.05) is 0 Å². The van der Waals surface area contributed by atoms with Crippen molar-refractivity contribution in [1.82, 2.24) is 0 Å². The number of hydrogen-bond acceptors (Lipinski definition) is 6. The van der Waals surface area contributed by atoms with E-state index < -0.39 is 36.0 Å². The van der Waals surface area contributed by atoms with Crippen LogP contribution in [-0.4, -0.2) is 36.0 Å². The molecule has 3 aromatic carbocycles. The topological polar surface area (TPSA) is 90.0 Å². The van der Waals surface area contributed by atoms with Crippen molar-refractivity contribution in [3.8, 4) is 0 Å². The number of halogens is 1. The van der Waals surface area contributed by atoms with Crippen LogP contribution < -0.4 is 4.90 Å². The number of esters is 2. The second kappa shape index (κ2) is 9.31. The fourth-order valence-corrected chi connectivity index (χ4v) is 3.76. The van der Waals surface area contributed by atoms with Crippen LogP contribution in [0.2, 0.25) is 0 Å². The summed E-state index contributed by atoms with van der Waals surface area (Å²) in [7, 11) is 0. The zero-order valence-electron chi connectivity index (χ0n) is 16.5. The van der Waals surface area contributed by atoms with Crippen molar-refractivity contribution in [3.05, 3.63) is 99.6 Å². The molecule has 2 atom stereocenters. The summed E-state index contributed by atoms with van der Waals surface area (Å²) in [5.41, 5.74) is 0.702.